The molecule has 1 amide bonds. The fourth-order valence-electron chi connectivity index (χ4n) is 3.90. The van der Waals surface area contributed by atoms with Gasteiger partial charge in [0.2, 0.25) is 5.91 Å². The molecule has 0 aliphatic carbocycles. The third-order valence-electron chi connectivity index (χ3n) is 5.30. The summed E-state index contributed by atoms with van der Waals surface area (Å²) in [6, 6.07) is 9.99. The average Bonchev–Trinajstić information content (AvgIpc) is 3.05. The topological polar surface area (TPSA) is 67.2 Å². The Bertz CT molecular complexity index is 842. The second-order valence-electron chi connectivity index (χ2n) is 8.05. The maximum absolute atomic E-state index is 13.2. The number of rotatable bonds is 7. The van der Waals surface area contributed by atoms with Gasteiger partial charge in [0, 0.05) is 44.6 Å². The number of benzene rings is 1. The van der Waals surface area contributed by atoms with Gasteiger partial charge in [-0.2, -0.15) is 0 Å². The number of likely N-dealkylation sites (N-methyl/N-ethyl adjacent to an activating group) is 1. The first-order valence-electron chi connectivity index (χ1n) is 9.98. The van der Waals surface area contributed by atoms with E-state index in [1.54, 1.807) is 7.05 Å². The highest BCUT2D eigenvalue weighted by Gasteiger charge is 2.30. The second kappa shape index (κ2) is 8.69. The summed E-state index contributed by atoms with van der Waals surface area (Å²) in [5, 5.41) is 2.70. The predicted molar refractivity (Wildman–Crippen MR) is 110 cm³/mol. The van der Waals surface area contributed by atoms with Crippen molar-refractivity contribution in [1.29, 1.82) is 0 Å². The maximum atomic E-state index is 13.2. The van der Waals surface area contributed by atoms with Gasteiger partial charge in [-0.1, -0.05) is 44.2 Å². The summed E-state index contributed by atoms with van der Waals surface area (Å²) in [6.45, 7) is 6.56. The van der Waals surface area contributed by atoms with Crippen LogP contribution in [-0.2, 0) is 17.9 Å². The van der Waals surface area contributed by atoms with E-state index in [2.05, 4.69) is 35.7 Å². The Kier molecular flexibility index (Phi) is 6.29. The van der Waals surface area contributed by atoms with Crippen molar-refractivity contribution in [2.45, 2.75) is 39.8 Å². The van der Waals surface area contributed by atoms with E-state index >= 15 is 0 Å². The van der Waals surface area contributed by atoms with Crippen LogP contribution in [0.3, 0.4) is 0 Å². The number of fused-ring (bicyclic) bond motifs is 1. The molecule has 1 atom stereocenters. The van der Waals surface area contributed by atoms with Crippen molar-refractivity contribution in [3.05, 3.63) is 41.7 Å². The van der Waals surface area contributed by atoms with Gasteiger partial charge in [0.25, 0.3) is 0 Å². The number of nitrogens with zero attached hydrogens (tertiary/aromatic N) is 3. The van der Waals surface area contributed by atoms with Gasteiger partial charge in [-0.3, -0.25) is 14.5 Å². The molecule has 0 spiro atoms. The zero-order valence-corrected chi connectivity index (χ0v) is 17.2. The minimum Gasteiger partial charge on any atom is -0.359 e. The lowest BCUT2D eigenvalue weighted by Gasteiger charge is -2.26. The molecule has 0 saturated carbocycles. The van der Waals surface area contributed by atoms with Crippen LogP contribution in [0.15, 0.2) is 30.3 Å². The fourth-order valence-corrected chi connectivity index (χ4v) is 3.90. The van der Waals surface area contributed by atoms with Crippen molar-refractivity contribution in [1.82, 2.24) is 19.8 Å². The molecule has 0 saturated heterocycles. The minimum atomic E-state index is -0.323. The van der Waals surface area contributed by atoms with Crippen LogP contribution < -0.4 is 5.32 Å². The number of imidazole rings is 1. The molecule has 2 aromatic rings. The van der Waals surface area contributed by atoms with E-state index in [4.69, 9.17) is 4.98 Å². The highest BCUT2D eigenvalue weighted by molar-refractivity contribution is 5.98. The van der Waals surface area contributed by atoms with E-state index in [1.165, 1.54) is 0 Å². The van der Waals surface area contributed by atoms with E-state index in [-0.39, 0.29) is 24.0 Å². The monoisotopic (exact) mass is 382 g/mol. The quantitative estimate of drug-likeness (QED) is 0.748. The van der Waals surface area contributed by atoms with Crippen LogP contribution in [0, 0.1) is 11.8 Å². The summed E-state index contributed by atoms with van der Waals surface area (Å²) < 4.78 is 2.17. The number of hydrogen-bond donors (Lipinski definition) is 1. The van der Waals surface area contributed by atoms with Crippen LogP contribution in [0.4, 0.5) is 0 Å². The third kappa shape index (κ3) is 4.33. The Morgan fingerprint density at radius 1 is 1.18 bits per heavy atom. The van der Waals surface area contributed by atoms with Crippen LogP contribution in [0.1, 0.15) is 42.9 Å². The molecule has 150 valence electrons. The molecule has 0 fully saturated rings. The van der Waals surface area contributed by atoms with Crippen molar-refractivity contribution >= 4 is 11.7 Å². The van der Waals surface area contributed by atoms with E-state index in [9.17, 15) is 9.59 Å². The standard InChI is InChI=1S/C22H30N4O2/c1-15(2)12-17(22(28)23-3)13-19(27)20-18-14-25(4)10-11-26(18)21(24-20)16-8-6-5-7-9-16/h5-9,15,17H,10-14H2,1-4H3,(H,23,28)/t17-/m1/s1. The highest BCUT2D eigenvalue weighted by atomic mass is 16.2. The van der Waals surface area contributed by atoms with E-state index in [0.717, 1.165) is 30.2 Å². The maximum Gasteiger partial charge on any atom is 0.223 e. The Morgan fingerprint density at radius 2 is 1.89 bits per heavy atom. The first kappa shape index (κ1) is 20.3. The molecular formula is C22H30N4O2. The zero-order chi connectivity index (χ0) is 20.3. The summed E-state index contributed by atoms with van der Waals surface area (Å²) in [4.78, 5) is 32.5. The molecule has 0 bridgehead atoms. The van der Waals surface area contributed by atoms with Gasteiger partial charge in [0.15, 0.2) is 5.78 Å². The largest absolute Gasteiger partial charge is 0.359 e. The van der Waals surface area contributed by atoms with Gasteiger partial charge < -0.3 is 9.88 Å². The number of hydrogen-bond acceptors (Lipinski definition) is 4. The lowest BCUT2D eigenvalue weighted by atomic mass is 9.90. The smallest absolute Gasteiger partial charge is 0.223 e. The molecule has 6 nitrogen and oxygen atoms in total. The SMILES string of the molecule is CNC(=O)[C@@H](CC(=O)c1nc(-c2ccccc2)n2c1CN(C)CC2)CC(C)C. The molecule has 1 aliphatic rings. The van der Waals surface area contributed by atoms with Crippen LogP contribution in [-0.4, -0.2) is 46.8 Å². The molecule has 1 aromatic heterocycles. The first-order chi connectivity index (χ1) is 13.4. The van der Waals surface area contributed by atoms with Gasteiger partial charge in [-0.25, -0.2) is 4.98 Å². The van der Waals surface area contributed by atoms with Gasteiger partial charge in [-0.15, -0.1) is 0 Å². The molecule has 1 aromatic carbocycles. The first-order valence-corrected chi connectivity index (χ1v) is 9.98. The molecule has 2 heterocycles. The number of Topliss-reactive ketones (excluding diaryl/α,β-unsaturated/α-hetero) is 1. The van der Waals surface area contributed by atoms with Crippen molar-refractivity contribution in [3.8, 4) is 11.4 Å². The summed E-state index contributed by atoms with van der Waals surface area (Å²) in [5.74, 6) is 0.742. The lowest BCUT2D eigenvalue weighted by Crippen LogP contribution is -2.32. The van der Waals surface area contributed by atoms with Crippen LogP contribution in [0.2, 0.25) is 0 Å². The van der Waals surface area contributed by atoms with E-state index in [1.807, 2.05) is 30.3 Å². The van der Waals surface area contributed by atoms with Crippen molar-refractivity contribution in [2.24, 2.45) is 11.8 Å². The minimum absolute atomic E-state index is 0.0459. The molecule has 0 radical (unpaired) electrons. The number of aromatic nitrogens is 2. The Morgan fingerprint density at radius 3 is 2.54 bits per heavy atom. The number of ketones is 1. The van der Waals surface area contributed by atoms with E-state index in [0.29, 0.717) is 24.6 Å². The summed E-state index contributed by atoms with van der Waals surface area (Å²) in [7, 11) is 3.68. The molecule has 3 rings (SSSR count). The fraction of sp³-hybridized carbons (Fsp3) is 0.500. The molecule has 0 unspecified atom stereocenters. The van der Waals surface area contributed by atoms with Crippen molar-refractivity contribution in [3.63, 3.8) is 0 Å². The van der Waals surface area contributed by atoms with Crippen molar-refractivity contribution in [2.75, 3.05) is 20.6 Å². The second-order valence-corrected chi connectivity index (χ2v) is 8.05. The zero-order valence-electron chi connectivity index (χ0n) is 17.2. The van der Waals surface area contributed by atoms with Crippen LogP contribution >= 0.6 is 0 Å². The van der Waals surface area contributed by atoms with Gasteiger partial charge in [-0.05, 0) is 19.4 Å². The number of amides is 1. The molecule has 1 aliphatic heterocycles. The van der Waals surface area contributed by atoms with Gasteiger partial charge in [0.1, 0.15) is 11.5 Å². The lowest BCUT2D eigenvalue weighted by molar-refractivity contribution is -0.124. The number of nitrogens with one attached hydrogen (secondary N) is 1. The molecular weight excluding hydrogens is 352 g/mol. The van der Waals surface area contributed by atoms with Gasteiger partial charge in [0.05, 0.1) is 5.69 Å². The van der Waals surface area contributed by atoms with E-state index < -0.39 is 0 Å². The number of carbonyl (C=O) groups excluding carboxylic acids is 2. The number of carbonyl (C=O) groups is 2. The Labute approximate surface area is 166 Å². The van der Waals surface area contributed by atoms with Crippen molar-refractivity contribution < 1.29 is 9.59 Å². The van der Waals surface area contributed by atoms with Crippen LogP contribution in [0.25, 0.3) is 11.4 Å². The Balaban J connectivity index is 1.95. The molecule has 1 N–H and O–H groups in total. The highest BCUT2D eigenvalue weighted by Crippen LogP contribution is 2.28. The third-order valence-corrected chi connectivity index (χ3v) is 5.30. The summed E-state index contributed by atoms with van der Waals surface area (Å²) >= 11 is 0. The molecule has 6 heteroatoms. The van der Waals surface area contributed by atoms with Gasteiger partial charge >= 0.3 is 0 Å². The summed E-state index contributed by atoms with van der Waals surface area (Å²) in [5.41, 5.74) is 2.48. The Hall–Kier alpha value is -2.47. The average molecular weight is 383 g/mol. The summed E-state index contributed by atoms with van der Waals surface area (Å²) in [6.07, 6.45) is 0.882. The normalized spacial score (nSPS) is 15.3. The van der Waals surface area contributed by atoms with Crippen LogP contribution in [0.5, 0.6) is 0 Å². The predicted octanol–water partition coefficient (Wildman–Crippen LogP) is 2.98. The molecule has 28 heavy (non-hydrogen) atoms.